The highest BCUT2D eigenvalue weighted by Gasteiger charge is 1.77. The van der Waals surface area contributed by atoms with E-state index in [1.165, 1.54) is 12.1 Å². The Balaban J connectivity index is 0.000000640. The van der Waals surface area contributed by atoms with E-state index >= 15 is 0 Å². The van der Waals surface area contributed by atoms with Crippen LogP contribution in [-0.4, -0.2) is 10.2 Å². The summed E-state index contributed by atoms with van der Waals surface area (Å²) >= 11 is 0. The predicted octanol–water partition coefficient (Wildman–Crippen LogP) is -0.824. The van der Waals surface area contributed by atoms with E-state index in [0.717, 1.165) is 0 Å². The van der Waals surface area contributed by atoms with Crippen molar-refractivity contribution in [3.8, 4) is 0 Å². The average molecular weight is 113 g/mol. The molecule has 0 fully saturated rings. The third-order valence-electron chi connectivity index (χ3n) is 0.695. The minimum atomic E-state index is -0.301. The highest BCUT2D eigenvalue weighted by atomic mass is 16.1. The molecule has 2 N–H and O–H groups in total. The van der Waals surface area contributed by atoms with Gasteiger partial charge in [-0.25, -0.2) is 0 Å². The summed E-state index contributed by atoms with van der Waals surface area (Å²) < 4.78 is 0. The van der Waals surface area contributed by atoms with E-state index < -0.39 is 0 Å². The van der Waals surface area contributed by atoms with E-state index in [2.05, 4.69) is 10.2 Å². The summed E-state index contributed by atoms with van der Waals surface area (Å²) in [6, 6.07) is 2.33. The summed E-state index contributed by atoms with van der Waals surface area (Å²) in [5, 5.41) is 4.21. The Morgan fingerprint density at radius 2 is 1.50 bits per heavy atom. The Kier molecular flexibility index (Phi) is 0.997. The SMILES string of the molecule is O=c1ccc(=O)[nH][nH]1.[H+]. The number of hydrogen-bond acceptors (Lipinski definition) is 2. The first kappa shape index (κ1) is 4.83. The van der Waals surface area contributed by atoms with Crippen molar-refractivity contribution < 1.29 is 1.43 Å². The van der Waals surface area contributed by atoms with Crippen molar-refractivity contribution in [2.24, 2.45) is 0 Å². The van der Waals surface area contributed by atoms with Crippen LogP contribution in [0.3, 0.4) is 0 Å². The van der Waals surface area contributed by atoms with Crippen LogP contribution in [0.1, 0.15) is 1.43 Å². The van der Waals surface area contributed by atoms with Gasteiger partial charge in [0.1, 0.15) is 0 Å². The van der Waals surface area contributed by atoms with Crippen LogP contribution in [0, 0.1) is 0 Å². The molecule has 0 radical (unpaired) electrons. The molecular weight excluding hydrogens is 108 g/mol. The molecule has 0 aliphatic heterocycles. The van der Waals surface area contributed by atoms with Gasteiger partial charge in [0.2, 0.25) is 0 Å². The maximum absolute atomic E-state index is 10.2. The number of nitrogens with one attached hydrogen (secondary N) is 2. The highest BCUT2D eigenvalue weighted by molar-refractivity contribution is 4.82. The maximum Gasteiger partial charge on any atom is 1.00 e. The summed E-state index contributed by atoms with van der Waals surface area (Å²) in [6.07, 6.45) is 0. The minimum absolute atomic E-state index is 0. The highest BCUT2D eigenvalue weighted by Crippen LogP contribution is 1.50. The minimum Gasteiger partial charge on any atom is -0.268 e. The lowest BCUT2D eigenvalue weighted by Gasteiger charge is -1.76. The lowest BCUT2D eigenvalue weighted by Crippen LogP contribution is -2.14. The molecule has 1 aromatic heterocycles. The first-order valence-corrected chi connectivity index (χ1v) is 2.07. The topological polar surface area (TPSA) is 65.7 Å². The standard InChI is InChI=1S/C4H4N2O2/c7-3-1-2-4(8)6-5-3/h1-2H,(H,5,7)(H,6,8)/p+1. The van der Waals surface area contributed by atoms with Gasteiger partial charge in [0, 0.05) is 12.1 Å². The van der Waals surface area contributed by atoms with Gasteiger partial charge in [-0.15, -0.1) is 0 Å². The normalized spacial score (nSPS) is 9.00. The second-order valence-electron chi connectivity index (χ2n) is 1.31. The van der Waals surface area contributed by atoms with Crippen LogP contribution >= 0.6 is 0 Å². The third kappa shape index (κ3) is 0.841. The first-order chi connectivity index (χ1) is 3.79. The van der Waals surface area contributed by atoms with E-state index in [9.17, 15) is 9.59 Å². The maximum atomic E-state index is 10.2. The van der Waals surface area contributed by atoms with Crippen molar-refractivity contribution in [1.82, 2.24) is 10.2 Å². The van der Waals surface area contributed by atoms with Gasteiger partial charge in [0.05, 0.1) is 0 Å². The lowest BCUT2D eigenvalue weighted by atomic mass is 10.6. The summed E-state index contributed by atoms with van der Waals surface area (Å²) in [6.45, 7) is 0. The van der Waals surface area contributed by atoms with E-state index in [1.54, 1.807) is 0 Å². The fourth-order valence-electron chi connectivity index (χ4n) is 0.358. The first-order valence-electron chi connectivity index (χ1n) is 2.07. The number of aromatic nitrogens is 2. The second-order valence-corrected chi connectivity index (χ2v) is 1.31. The van der Waals surface area contributed by atoms with Crippen molar-refractivity contribution in [3.63, 3.8) is 0 Å². The van der Waals surface area contributed by atoms with Gasteiger partial charge in [0.25, 0.3) is 11.1 Å². The molecule has 0 aliphatic carbocycles. The van der Waals surface area contributed by atoms with E-state index in [1.807, 2.05) is 0 Å². The monoisotopic (exact) mass is 113 g/mol. The van der Waals surface area contributed by atoms with Crippen molar-refractivity contribution in [3.05, 3.63) is 32.8 Å². The van der Waals surface area contributed by atoms with Crippen LogP contribution in [0.25, 0.3) is 0 Å². The zero-order chi connectivity index (χ0) is 5.98. The third-order valence-corrected chi connectivity index (χ3v) is 0.695. The van der Waals surface area contributed by atoms with E-state index in [4.69, 9.17) is 0 Å². The van der Waals surface area contributed by atoms with Crippen LogP contribution in [0.5, 0.6) is 0 Å². The lowest BCUT2D eigenvalue weighted by molar-refractivity contribution is 0.952. The summed E-state index contributed by atoms with van der Waals surface area (Å²) in [5.41, 5.74) is -0.603. The van der Waals surface area contributed by atoms with Crippen LogP contribution in [0.2, 0.25) is 0 Å². The van der Waals surface area contributed by atoms with E-state index in [-0.39, 0.29) is 12.5 Å². The van der Waals surface area contributed by atoms with Crippen molar-refractivity contribution >= 4 is 0 Å². The average Bonchev–Trinajstić information content (AvgIpc) is 1.77. The number of H-pyrrole nitrogens is 2. The zero-order valence-corrected chi connectivity index (χ0v) is 3.97. The van der Waals surface area contributed by atoms with Gasteiger partial charge in [-0.2, -0.15) is 0 Å². The Morgan fingerprint density at radius 3 is 1.75 bits per heavy atom. The predicted molar refractivity (Wildman–Crippen MR) is 28.8 cm³/mol. The Hall–Kier alpha value is -1.32. The molecule has 1 heterocycles. The fourth-order valence-corrected chi connectivity index (χ4v) is 0.358. The van der Waals surface area contributed by atoms with Gasteiger partial charge in [-0.3, -0.25) is 19.8 Å². The molecule has 0 unspecified atom stereocenters. The number of hydrogen-bond donors (Lipinski definition) is 2. The zero-order valence-electron chi connectivity index (χ0n) is 4.97. The quantitative estimate of drug-likeness (QED) is 0.461. The van der Waals surface area contributed by atoms with Gasteiger partial charge in [0.15, 0.2) is 0 Å². The van der Waals surface area contributed by atoms with Crippen molar-refractivity contribution in [2.45, 2.75) is 0 Å². The molecule has 4 heteroatoms. The molecule has 0 atom stereocenters. The molecule has 0 amide bonds. The Labute approximate surface area is 45.6 Å². The smallest absolute Gasteiger partial charge is 0.268 e. The summed E-state index contributed by atoms with van der Waals surface area (Å²) in [7, 11) is 0. The Bertz CT molecular complexity index is 224. The molecular formula is C4H5N2O2+. The van der Waals surface area contributed by atoms with Crippen molar-refractivity contribution in [1.29, 1.82) is 0 Å². The molecule has 8 heavy (non-hydrogen) atoms. The van der Waals surface area contributed by atoms with Crippen LogP contribution in [0.4, 0.5) is 0 Å². The molecule has 0 aromatic carbocycles. The molecule has 0 aliphatic rings. The van der Waals surface area contributed by atoms with Gasteiger partial charge in [-0.05, 0) is 0 Å². The summed E-state index contributed by atoms with van der Waals surface area (Å²) in [5.74, 6) is 0. The Morgan fingerprint density at radius 1 is 1.12 bits per heavy atom. The molecule has 0 spiro atoms. The van der Waals surface area contributed by atoms with E-state index in [0.29, 0.717) is 0 Å². The largest absolute Gasteiger partial charge is 1.00 e. The molecule has 4 nitrogen and oxygen atoms in total. The molecule has 42 valence electrons. The molecule has 0 saturated carbocycles. The second kappa shape index (κ2) is 1.65. The number of rotatable bonds is 0. The molecule has 0 bridgehead atoms. The van der Waals surface area contributed by atoms with Gasteiger partial charge >= 0.3 is 1.43 Å². The fraction of sp³-hybridized carbons (Fsp3) is 0. The van der Waals surface area contributed by atoms with Gasteiger partial charge in [-0.1, -0.05) is 0 Å². The molecule has 0 saturated heterocycles. The molecule has 1 aromatic rings. The van der Waals surface area contributed by atoms with Crippen LogP contribution in [0.15, 0.2) is 21.7 Å². The van der Waals surface area contributed by atoms with Crippen LogP contribution < -0.4 is 11.1 Å². The summed E-state index contributed by atoms with van der Waals surface area (Å²) in [4.78, 5) is 20.4. The van der Waals surface area contributed by atoms with Crippen molar-refractivity contribution in [2.75, 3.05) is 0 Å². The van der Waals surface area contributed by atoms with Crippen LogP contribution in [-0.2, 0) is 0 Å². The molecule has 1 rings (SSSR count). The van der Waals surface area contributed by atoms with Gasteiger partial charge < -0.3 is 0 Å². The number of aromatic amines is 2.